The van der Waals surface area contributed by atoms with Crippen molar-refractivity contribution in [3.05, 3.63) is 94.5 Å². The first-order valence-electron chi connectivity index (χ1n) is 10.4. The smallest absolute Gasteiger partial charge is 0.264 e. The van der Waals surface area contributed by atoms with E-state index in [0.29, 0.717) is 22.8 Å². The third-order valence-corrected chi connectivity index (χ3v) is 7.14. The topological polar surface area (TPSA) is 66.5 Å². The summed E-state index contributed by atoms with van der Waals surface area (Å²) in [5, 5.41) is 3.35. The summed E-state index contributed by atoms with van der Waals surface area (Å²) < 4.78 is 28.0. The third kappa shape index (κ3) is 6.11. The normalized spacial score (nSPS) is 11.2. The number of nitrogens with one attached hydrogen (secondary N) is 1. The summed E-state index contributed by atoms with van der Waals surface area (Å²) in [6.07, 6.45) is 1.60. The molecule has 1 N–H and O–H groups in total. The van der Waals surface area contributed by atoms with Gasteiger partial charge in [-0.05, 0) is 68.1 Å². The van der Waals surface area contributed by atoms with E-state index in [1.165, 1.54) is 5.56 Å². The first-order valence-corrected chi connectivity index (χ1v) is 12.3. The van der Waals surface area contributed by atoms with Gasteiger partial charge in [-0.15, -0.1) is 0 Å². The van der Waals surface area contributed by atoms with Gasteiger partial charge in [0.05, 0.1) is 10.6 Å². The zero-order valence-electron chi connectivity index (χ0n) is 18.2. The van der Waals surface area contributed by atoms with Crippen molar-refractivity contribution in [2.24, 2.45) is 0 Å². The Balaban J connectivity index is 1.76. The fourth-order valence-electron chi connectivity index (χ4n) is 3.39. The quantitative estimate of drug-likeness (QED) is 0.452. The van der Waals surface area contributed by atoms with Crippen molar-refractivity contribution < 1.29 is 13.2 Å². The zero-order chi connectivity index (χ0) is 23.1. The monoisotopic (exact) mass is 470 g/mol. The second-order valence-electron chi connectivity index (χ2n) is 7.69. The molecule has 5 nitrogen and oxygen atoms in total. The van der Waals surface area contributed by atoms with Crippen LogP contribution in [0.5, 0.6) is 0 Å². The molecule has 1 amide bonds. The van der Waals surface area contributed by atoms with Crippen molar-refractivity contribution in [1.29, 1.82) is 0 Å². The minimum Gasteiger partial charge on any atom is -0.355 e. The van der Waals surface area contributed by atoms with E-state index in [4.69, 9.17) is 11.6 Å². The maximum atomic E-state index is 13.4. The van der Waals surface area contributed by atoms with Crippen LogP contribution in [0.4, 0.5) is 5.69 Å². The van der Waals surface area contributed by atoms with Crippen LogP contribution in [0.15, 0.2) is 77.7 Å². The average molecular weight is 471 g/mol. The van der Waals surface area contributed by atoms with Gasteiger partial charge < -0.3 is 5.32 Å². The summed E-state index contributed by atoms with van der Waals surface area (Å²) in [4.78, 5) is 12.8. The fraction of sp³-hybridized carbons (Fsp3) is 0.240. The molecule has 3 aromatic carbocycles. The number of aryl methyl sites for hydroxylation is 3. The highest BCUT2D eigenvalue weighted by Crippen LogP contribution is 2.29. The standard InChI is InChI=1S/C25H27ClN2O3S/c1-19-10-13-23(14-11-19)32(30,31)28(24-15-12-22(26)17-20(24)2)18-25(29)27-16-6-9-21-7-4-3-5-8-21/h3-5,7-8,10-15,17H,6,9,16,18H2,1-2H3,(H,27,29). The highest BCUT2D eigenvalue weighted by molar-refractivity contribution is 7.92. The number of benzene rings is 3. The lowest BCUT2D eigenvalue weighted by Gasteiger charge is -2.26. The molecule has 0 spiro atoms. The van der Waals surface area contributed by atoms with Crippen LogP contribution in [-0.4, -0.2) is 27.4 Å². The third-order valence-electron chi connectivity index (χ3n) is 5.13. The predicted octanol–water partition coefficient (Wildman–Crippen LogP) is 4.90. The number of anilines is 1. The van der Waals surface area contributed by atoms with E-state index in [9.17, 15) is 13.2 Å². The Bertz CT molecular complexity index is 1160. The van der Waals surface area contributed by atoms with Crippen LogP contribution in [-0.2, 0) is 21.2 Å². The van der Waals surface area contributed by atoms with Crippen LogP contribution in [0, 0.1) is 13.8 Å². The summed E-state index contributed by atoms with van der Waals surface area (Å²) >= 11 is 6.06. The van der Waals surface area contributed by atoms with Crippen molar-refractivity contribution in [3.63, 3.8) is 0 Å². The highest BCUT2D eigenvalue weighted by Gasteiger charge is 2.28. The number of carbonyl (C=O) groups is 1. The Morgan fingerprint density at radius 3 is 2.31 bits per heavy atom. The molecule has 0 aromatic heterocycles. The molecule has 3 aromatic rings. The van der Waals surface area contributed by atoms with E-state index in [-0.39, 0.29) is 17.3 Å². The Morgan fingerprint density at radius 2 is 1.66 bits per heavy atom. The van der Waals surface area contributed by atoms with Gasteiger partial charge in [-0.2, -0.15) is 0 Å². The van der Waals surface area contributed by atoms with Crippen molar-refractivity contribution in [2.75, 3.05) is 17.4 Å². The molecule has 0 radical (unpaired) electrons. The van der Waals surface area contributed by atoms with Crippen LogP contribution in [0.2, 0.25) is 5.02 Å². The maximum absolute atomic E-state index is 13.4. The minimum atomic E-state index is -3.95. The largest absolute Gasteiger partial charge is 0.355 e. The summed E-state index contributed by atoms with van der Waals surface area (Å²) in [7, 11) is -3.95. The molecular weight excluding hydrogens is 444 g/mol. The van der Waals surface area contributed by atoms with E-state index in [0.717, 1.165) is 22.7 Å². The molecule has 0 aliphatic rings. The van der Waals surface area contributed by atoms with Gasteiger partial charge in [0.1, 0.15) is 6.54 Å². The van der Waals surface area contributed by atoms with Crippen LogP contribution in [0.1, 0.15) is 23.1 Å². The van der Waals surface area contributed by atoms with E-state index in [2.05, 4.69) is 5.32 Å². The molecule has 0 saturated heterocycles. The SMILES string of the molecule is Cc1ccc(S(=O)(=O)N(CC(=O)NCCCc2ccccc2)c2ccc(Cl)cc2C)cc1. The lowest BCUT2D eigenvalue weighted by Crippen LogP contribution is -2.41. The summed E-state index contributed by atoms with van der Waals surface area (Å²) in [5.41, 5.74) is 3.25. The Morgan fingerprint density at radius 1 is 0.969 bits per heavy atom. The molecule has 7 heteroatoms. The molecule has 0 bridgehead atoms. The van der Waals surface area contributed by atoms with Gasteiger partial charge in [0.15, 0.2) is 0 Å². The predicted molar refractivity (Wildman–Crippen MR) is 130 cm³/mol. The second kappa shape index (κ2) is 10.7. The van der Waals surface area contributed by atoms with E-state index < -0.39 is 10.0 Å². The van der Waals surface area contributed by atoms with E-state index in [1.807, 2.05) is 37.3 Å². The first-order chi connectivity index (χ1) is 15.3. The van der Waals surface area contributed by atoms with Crippen molar-refractivity contribution >= 4 is 33.2 Å². The number of hydrogen-bond donors (Lipinski definition) is 1. The summed E-state index contributed by atoms with van der Waals surface area (Å²) in [5.74, 6) is -0.358. The molecule has 3 rings (SSSR count). The van der Waals surface area contributed by atoms with Crippen LogP contribution in [0.25, 0.3) is 0 Å². The number of rotatable bonds is 9. The average Bonchev–Trinajstić information content (AvgIpc) is 2.76. The molecule has 0 saturated carbocycles. The zero-order valence-corrected chi connectivity index (χ0v) is 19.8. The molecule has 0 fully saturated rings. The highest BCUT2D eigenvalue weighted by atomic mass is 35.5. The Kier molecular flexibility index (Phi) is 7.94. The van der Waals surface area contributed by atoms with Gasteiger partial charge in [0.2, 0.25) is 5.91 Å². The molecule has 0 atom stereocenters. The molecule has 0 unspecified atom stereocenters. The van der Waals surface area contributed by atoms with Crippen molar-refractivity contribution in [1.82, 2.24) is 5.32 Å². The lowest BCUT2D eigenvalue weighted by molar-refractivity contribution is -0.119. The first kappa shape index (κ1) is 23.8. The second-order valence-corrected chi connectivity index (χ2v) is 9.99. The maximum Gasteiger partial charge on any atom is 0.264 e. The van der Waals surface area contributed by atoms with Gasteiger partial charge in [0.25, 0.3) is 10.0 Å². The summed E-state index contributed by atoms with van der Waals surface area (Å²) in [6, 6.07) is 21.5. The number of carbonyl (C=O) groups excluding carboxylic acids is 1. The minimum absolute atomic E-state index is 0.134. The van der Waals surface area contributed by atoms with Crippen LogP contribution in [0.3, 0.4) is 0 Å². The molecule has 0 heterocycles. The summed E-state index contributed by atoms with van der Waals surface area (Å²) in [6.45, 7) is 3.81. The Hall–Kier alpha value is -2.83. The number of nitrogens with zero attached hydrogens (tertiary/aromatic N) is 1. The Labute approximate surface area is 195 Å². The van der Waals surface area contributed by atoms with Gasteiger partial charge in [-0.1, -0.05) is 59.6 Å². The number of amides is 1. The number of hydrogen-bond acceptors (Lipinski definition) is 3. The van der Waals surface area contributed by atoms with Crippen molar-refractivity contribution in [2.45, 2.75) is 31.6 Å². The molecule has 0 aliphatic heterocycles. The van der Waals surface area contributed by atoms with Gasteiger partial charge in [-0.3, -0.25) is 9.10 Å². The molecular formula is C25H27ClN2O3S. The van der Waals surface area contributed by atoms with Crippen LogP contribution >= 0.6 is 11.6 Å². The number of halogens is 1. The van der Waals surface area contributed by atoms with E-state index in [1.54, 1.807) is 49.4 Å². The molecule has 168 valence electrons. The fourth-order valence-corrected chi connectivity index (χ4v) is 5.10. The van der Waals surface area contributed by atoms with Gasteiger partial charge in [-0.25, -0.2) is 8.42 Å². The lowest BCUT2D eigenvalue weighted by atomic mass is 10.1. The van der Waals surface area contributed by atoms with Gasteiger partial charge >= 0.3 is 0 Å². The van der Waals surface area contributed by atoms with Crippen LogP contribution < -0.4 is 9.62 Å². The van der Waals surface area contributed by atoms with E-state index >= 15 is 0 Å². The number of sulfonamides is 1. The van der Waals surface area contributed by atoms with Gasteiger partial charge in [0, 0.05) is 11.6 Å². The molecule has 0 aliphatic carbocycles. The van der Waals surface area contributed by atoms with Crippen molar-refractivity contribution in [3.8, 4) is 0 Å². The molecule has 32 heavy (non-hydrogen) atoms.